The van der Waals surface area contributed by atoms with E-state index in [4.69, 9.17) is 0 Å². The lowest BCUT2D eigenvalue weighted by Crippen LogP contribution is -2.74. The zero-order valence-corrected chi connectivity index (χ0v) is 19.1. The van der Waals surface area contributed by atoms with Crippen LogP contribution < -0.4 is 5.32 Å². The summed E-state index contributed by atoms with van der Waals surface area (Å²) in [7, 11) is 4.59. The Labute approximate surface area is 191 Å². The maximum Gasteiger partial charge on any atom is 0.191 e. The molecule has 0 spiro atoms. The average molecular weight is 456 g/mol. The molecule has 1 saturated carbocycles. The van der Waals surface area contributed by atoms with Gasteiger partial charge in [0, 0.05) is 17.4 Å². The molecule has 0 bridgehead atoms. The van der Waals surface area contributed by atoms with Crippen LogP contribution in [0.3, 0.4) is 0 Å². The van der Waals surface area contributed by atoms with Gasteiger partial charge in [-0.25, -0.2) is 0 Å². The van der Waals surface area contributed by atoms with E-state index in [9.17, 15) is 34.8 Å². The van der Waals surface area contributed by atoms with Gasteiger partial charge in [0.05, 0.1) is 17.7 Å². The number of nitrogens with zero attached hydrogens (tertiary/aromatic N) is 1. The second-order valence-corrected chi connectivity index (χ2v) is 9.27. The molecule has 0 unspecified atom stereocenters. The average Bonchev–Trinajstić information content (AvgIpc) is 2.73. The number of ketones is 3. The molecule has 4 rings (SSSR count). The van der Waals surface area contributed by atoms with Gasteiger partial charge in [0.25, 0.3) is 0 Å². The smallest absolute Gasteiger partial charge is 0.191 e. The molecule has 0 radical (unpaired) electrons. The number of hydrogen-bond acceptors (Lipinski definition) is 9. The molecule has 0 heterocycles. The zero-order valence-electron chi connectivity index (χ0n) is 19.1. The molecule has 6 atom stereocenters. The molecule has 33 heavy (non-hydrogen) atoms. The van der Waals surface area contributed by atoms with E-state index in [-0.39, 0.29) is 16.9 Å². The first kappa shape index (κ1) is 23.2. The molecule has 9 heteroatoms. The van der Waals surface area contributed by atoms with Gasteiger partial charge in [0.2, 0.25) is 0 Å². The largest absolute Gasteiger partial charge is 0.509 e. The number of Topliss-reactive ketones (excluding diaryl/α,β-unsaturated/α-hetero) is 3. The summed E-state index contributed by atoms with van der Waals surface area (Å²) in [5.74, 6) is -6.15. The summed E-state index contributed by atoms with van der Waals surface area (Å²) in [6.07, 6.45) is -1.36. The van der Waals surface area contributed by atoms with E-state index in [2.05, 4.69) is 5.32 Å². The third kappa shape index (κ3) is 2.73. The van der Waals surface area contributed by atoms with E-state index in [1.54, 1.807) is 33.2 Å². The van der Waals surface area contributed by atoms with Gasteiger partial charge in [-0.05, 0) is 45.6 Å². The number of aliphatic hydroxyl groups is 3. The van der Waals surface area contributed by atoms with Crippen molar-refractivity contribution in [3.05, 3.63) is 46.2 Å². The molecule has 1 fully saturated rings. The van der Waals surface area contributed by atoms with Crippen LogP contribution in [0.4, 0.5) is 0 Å². The molecule has 0 amide bonds. The Kier molecular flexibility index (Phi) is 5.27. The number of hydrogen-bond donors (Lipinski definition) is 5. The third-order valence-corrected chi connectivity index (χ3v) is 7.54. The van der Waals surface area contributed by atoms with E-state index in [1.165, 1.54) is 18.0 Å². The van der Waals surface area contributed by atoms with Crippen LogP contribution in [0.5, 0.6) is 5.75 Å². The van der Waals surface area contributed by atoms with Gasteiger partial charge < -0.3 is 25.7 Å². The highest BCUT2D eigenvalue weighted by Gasteiger charge is 2.68. The fourth-order valence-corrected chi connectivity index (χ4v) is 6.11. The normalized spacial score (nSPS) is 33.7. The highest BCUT2D eigenvalue weighted by atomic mass is 16.3. The molecule has 0 aromatic heterocycles. The number of nitrogens with one attached hydrogen (secondary N) is 1. The van der Waals surface area contributed by atoms with Crippen LogP contribution in [0.15, 0.2) is 35.1 Å². The predicted molar refractivity (Wildman–Crippen MR) is 119 cm³/mol. The maximum atomic E-state index is 14.1. The SMILES string of the molecule is CN[C@]12C(=O)C3=C(O)c4c(O)cccc4[C@H](C)[C@H]3[C@@H](O)[C@@H]1[C@H](N(C)C)C(=O)C(C(C)=O)=C2O. The van der Waals surface area contributed by atoms with Gasteiger partial charge >= 0.3 is 0 Å². The first-order valence-electron chi connectivity index (χ1n) is 10.8. The van der Waals surface area contributed by atoms with E-state index in [1.807, 2.05) is 0 Å². The van der Waals surface area contributed by atoms with Crippen LogP contribution in [0.2, 0.25) is 0 Å². The standard InChI is InChI=1S/C24H28N2O7/c1-9-11-7-6-8-12(28)15(11)19(29)16-13(9)20(30)17-18(26(4)5)21(31)14(10(2)27)22(32)24(17,25-3)23(16)33/h6-9,13,17-18,20,25,28-30,32H,1-5H3/t9-,13+,17-,18-,20+,24+/m0/s1. The van der Waals surface area contributed by atoms with Crippen molar-refractivity contribution < 1.29 is 34.8 Å². The van der Waals surface area contributed by atoms with Crippen molar-refractivity contribution in [3.63, 3.8) is 0 Å². The molecular formula is C24H28N2O7. The van der Waals surface area contributed by atoms with Crippen LogP contribution in [0.1, 0.15) is 30.9 Å². The number of phenolic OH excluding ortho intramolecular Hbond substituents is 1. The molecule has 176 valence electrons. The summed E-state index contributed by atoms with van der Waals surface area (Å²) < 4.78 is 0. The quantitative estimate of drug-likeness (QED) is 0.417. The number of rotatable bonds is 3. The number of phenols is 1. The van der Waals surface area contributed by atoms with Crippen molar-refractivity contribution >= 4 is 23.1 Å². The number of likely N-dealkylation sites (N-methyl/N-ethyl adjacent to an activating group) is 2. The summed E-state index contributed by atoms with van der Waals surface area (Å²) >= 11 is 0. The van der Waals surface area contributed by atoms with Crippen molar-refractivity contribution in [3.8, 4) is 5.75 Å². The third-order valence-electron chi connectivity index (χ3n) is 7.54. The fraction of sp³-hybridized carbons (Fsp3) is 0.458. The van der Waals surface area contributed by atoms with E-state index in [0.29, 0.717) is 5.56 Å². The monoisotopic (exact) mass is 456 g/mol. The second-order valence-electron chi connectivity index (χ2n) is 9.27. The van der Waals surface area contributed by atoms with Crippen LogP contribution in [0, 0.1) is 11.8 Å². The molecule has 1 aromatic carbocycles. The molecule has 3 aliphatic carbocycles. The Balaban J connectivity index is 2.10. The number of aliphatic hydroxyl groups excluding tert-OH is 3. The van der Waals surface area contributed by atoms with Crippen molar-refractivity contribution in [2.75, 3.05) is 21.1 Å². The first-order valence-corrected chi connectivity index (χ1v) is 10.8. The summed E-state index contributed by atoms with van der Waals surface area (Å²) in [4.78, 5) is 41.3. The molecule has 0 aliphatic heterocycles. The topological polar surface area (TPSA) is 147 Å². The van der Waals surface area contributed by atoms with Crippen LogP contribution in [-0.4, -0.2) is 81.5 Å². The van der Waals surface area contributed by atoms with Gasteiger partial charge in [-0.2, -0.15) is 0 Å². The minimum absolute atomic E-state index is 0.0906. The molecule has 3 aliphatic rings. The van der Waals surface area contributed by atoms with Gasteiger partial charge in [0.1, 0.15) is 28.4 Å². The Morgan fingerprint density at radius 2 is 1.79 bits per heavy atom. The highest BCUT2D eigenvalue weighted by molar-refractivity contribution is 6.25. The maximum absolute atomic E-state index is 14.1. The predicted octanol–water partition coefficient (Wildman–Crippen LogP) is 0.827. The lowest BCUT2D eigenvalue weighted by Gasteiger charge is -2.56. The molecular weight excluding hydrogens is 428 g/mol. The molecule has 5 N–H and O–H groups in total. The number of fused-ring (bicyclic) bond motifs is 3. The van der Waals surface area contributed by atoms with Gasteiger partial charge in [-0.1, -0.05) is 19.1 Å². The summed E-state index contributed by atoms with van der Waals surface area (Å²) in [6, 6.07) is 3.60. The van der Waals surface area contributed by atoms with Crippen LogP contribution >= 0.6 is 0 Å². The zero-order chi connectivity index (χ0) is 24.6. The number of carbonyl (C=O) groups is 3. The van der Waals surface area contributed by atoms with Crippen molar-refractivity contribution in [2.45, 2.75) is 37.5 Å². The molecule has 9 nitrogen and oxygen atoms in total. The Morgan fingerprint density at radius 3 is 2.33 bits per heavy atom. The van der Waals surface area contributed by atoms with Gasteiger partial charge in [-0.15, -0.1) is 0 Å². The highest BCUT2D eigenvalue weighted by Crippen LogP contribution is 2.55. The minimum atomic E-state index is -2.02. The number of aromatic hydroxyl groups is 1. The molecule has 0 saturated heterocycles. The van der Waals surface area contributed by atoms with Crippen molar-refractivity contribution in [2.24, 2.45) is 11.8 Å². The van der Waals surface area contributed by atoms with Crippen LogP contribution in [-0.2, 0) is 14.4 Å². The summed E-state index contributed by atoms with van der Waals surface area (Å²) in [6.45, 7) is 2.89. The fourth-order valence-electron chi connectivity index (χ4n) is 6.11. The van der Waals surface area contributed by atoms with E-state index >= 15 is 0 Å². The second kappa shape index (κ2) is 7.51. The van der Waals surface area contributed by atoms with Gasteiger partial charge in [-0.3, -0.25) is 19.3 Å². The minimum Gasteiger partial charge on any atom is -0.509 e. The lowest BCUT2D eigenvalue weighted by molar-refractivity contribution is -0.145. The Bertz CT molecular complexity index is 1150. The van der Waals surface area contributed by atoms with E-state index < -0.39 is 69.9 Å². The van der Waals surface area contributed by atoms with Crippen molar-refractivity contribution in [1.82, 2.24) is 10.2 Å². The van der Waals surface area contributed by atoms with Crippen molar-refractivity contribution in [1.29, 1.82) is 0 Å². The number of carbonyl (C=O) groups excluding carboxylic acids is 3. The number of benzene rings is 1. The lowest BCUT2D eigenvalue weighted by atomic mass is 9.53. The Hall–Kier alpha value is -3.01. The summed E-state index contributed by atoms with van der Waals surface area (Å²) in [5, 5.41) is 47.2. The molecule has 1 aromatic rings. The van der Waals surface area contributed by atoms with Gasteiger partial charge in [0.15, 0.2) is 17.3 Å². The first-order chi connectivity index (χ1) is 15.4. The van der Waals surface area contributed by atoms with Crippen LogP contribution in [0.25, 0.3) is 5.76 Å². The Morgan fingerprint density at radius 1 is 1.15 bits per heavy atom. The summed E-state index contributed by atoms with van der Waals surface area (Å²) in [5.41, 5.74) is -2.04. The van der Waals surface area contributed by atoms with E-state index in [0.717, 1.165) is 6.92 Å².